The Balaban J connectivity index is 3.34. The van der Waals surface area contributed by atoms with E-state index in [0.29, 0.717) is 25.9 Å². The van der Waals surface area contributed by atoms with Crippen molar-refractivity contribution in [1.29, 1.82) is 0 Å². The lowest BCUT2D eigenvalue weighted by Crippen LogP contribution is -2.45. The Bertz CT molecular complexity index is 1130. The average Bonchev–Trinajstić information content (AvgIpc) is 3.41. The second-order valence-corrected chi connectivity index (χ2v) is 23.9. The van der Waals surface area contributed by atoms with Gasteiger partial charge in [-0.3, -0.25) is 9.59 Å². The summed E-state index contributed by atoms with van der Waals surface area (Å²) >= 11 is 0. The fraction of sp³-hybridized carbons (Fsp3) is 0.942. The molecular formula is C69H135NO5. The van der Waals surface area contributed by atoms with E-state index in [2.05, 4.69) is 31.3 Å². The fourth-order valence-electron chi connectivity index (χ4n) is 11.1. The number of unbranched alkanes of at least 4 members (excludes halogenated alkanes) is 52. The van der Waals surface area contributed by atoms with Crippen molar-refractivity contribution in [2.24, 2.45) is 0 Å². The molecule has 0 aliphatic carbocycles. The van der Waals surface area contributed by atoms with Gasteiger partial charge in [-0.05, 0) is 51.4 Å². The predicted molar refractivity (Wildman–Crippen MR) is 329 cm³/mol. The highest BCUT2D eigenvalue weighted by Gasteiger charge is 2.20. The number of rotatable bonds is 65. The molecule has 0 aliphatic rings. The molecule has 0 aromatic heterocycles. The van der Waals surface area contributed by atoms with Gasteiger partial charge in [0.1, 0.15) is 0 Å². The molecule has 0 fully saturated rings. The van der Waals surface area contributed by atoms with Crippen LogP contribution in [0.2, 0.25) is 0 Å². The minimum atomic E-state index is -0.663. The van der Waals surface area contributed by atoms with Gasteiger partial charge in [0.25, 0.3) is 0 Å². The third-order valence-electron chi connectivity index (χ3n) is 16.3. The standard InChI is InChI=1S/C69H135NO5/c1-3-5-7-9-11-13-15-17-18-19-32-35-39-43-47-51-55-59-63-69(74)75-64-60-56-52-48-44-40-36-33-30-28-26-24-22-20-21-23-25-27-29-31-34-38-42-46-50-54-58-62-68(73)70-66(65-71)67(72)61-57-53-49-45-41-37-16-14-12-10-8-6-4-2/h20-21,66-67,71-72H,3-19,22-65H2,1-2H3,(H,70,73)/b21-20-. The molecule has 0 rings (SSSR count). The predicted octanol–water partition coefficient (Wildman–Crippen LogP) is 22.0. The Labute approximate surface area is 469 Å². The monoisotopic (exact) mass is 1060 g/mol. The zero-order valence-corrected chi connectivity index (χ0v) is 51.1. The van der Waals surface area contributed by atoms with Crippen molar-refractivity contribution in [1.82, 2.24) is 5.32 Å². The normalized spacial score (nSPS) is 12.5. The summed E-state index contributed by atoms with van der Waals surface area (Å²) in [5.74, 6) is -0.0132. The number of carbonyl (C=O) groups is 2. The van der Waals surface area contributed by atoms with E-state index in [-0.39, 0.29) is 18.5 Å². The minimum absolute atomic E-state index is 0.0204. The molecule has 3 N–H and O–H groups in total. The maximum absolute atomic E-state index is 12.5. The van der Waals surface area contributed by atoms with Crippen LogP contribution in [0.25, 0.3) is 0 Å². The van der Waals surface area contributed by atoms with Crippen molar-refractivity contribution >= 4 is 11.9 Å². The SMILES string of the molecule is CCCCCCCCCCCCCCCCCCCCC(=O)OCCCCCCCCCCCCCC/C=C\CCCCCCCCCCCCCC(=O)NC(CO)C(O)CCCCCCCCCCCCCCC. The second-order valence-electron chi connectivity index (χ2n) is 23.9. The topological polar surface area (TPSA) is 95.9 Å². The zero-order valence-electron chi connectivity index (χ0n) is 51.1. The molecule has 75 heavy (non-hydrogen) atoms. The van der Waals surface area contributed by atoms with Crippen LogP contribution < -0.4 is 5.32 Å². The summed E-state index contributed by atoms with van der Waals surface area (Å²) < 4.78 is 5.51. The van der Waals surface area contributed by atoms with E-state index in [1.165, 1.54) is 321 Å². The quantitative estimate of drug-likeness (QED) is 0.0320. The number of aliphatic hydroxyl groups excluding tert-OH is 2. The summed E-state index contributed by atoms with van der Waals surface area (Å²) in [5.41, 5.74) is 0. The van der Waals surface area contributed by atoms with Gasteiger partial charge in [0.2, 0.25) is 5.91 Å². The largest absolute Gasteiger partial charge is 0.466 e. The van der Waals surface area contributed by atoms with Crippen molar-refractivity contribution in [2.45, 2.75) is 405 Å². The molecule has 0 aliphatic heterocycles. The molecule has 0 bridgehead atoms. The van der Waals surface area contributed by atoms with Crippen molar-refractivity contribution < 1.29 is 24.5 Å². The molecule has 0 aromatic rings. The lowest BCUT2D eigenvalue weighted by Gasteiger charge is -2.22. The Morgan fingerprint density at radius 1 is 0.360 bits per heavy atom. The number of ether oxygens (including phenoxy) is 1. The molecule has 0 heterocycles. The molecule has 6 heteroatoms. The van der Waals surface area contributed by atoms with Crippen LogP contribution in [-0.2, 0) is 14.3 Å². The van der Waals surface area contributed by atoms with Crippen molar-refractivity contribution in [3.05, 3.63) is 12.2 Å². The first-order valence-electron chi connectivity index (χ1n) is 34.4. The molecule has 0 saturated carbocycles. The molecule has 0 spiro atoms. The third-order valence-corrected chi connectivity index (χ3v) is 16.3. The smallest absolute Gasteiger partial charge is 0.305 e. The van der Waals surface area contributed by atoms with Crippen molar-refractivity contribution in [3.63, 3.8) is 0 Å². The molecule has 0 radical (unpaired) electrons. The molecule has 0 aromatic carbocycles. The van der Waals surface area contributed by atoms with Crippen molar-refractivity contribution in [2.75, 3.05) is 13.2 Å². The zero-order chi connectivity index (χ0) is 54.3. The number of allylic oxidation sites excluding steroid dienone is 2. The summed E-state index contributed by atoms with van der Waals surface area (Å²) in [4.78, 5) is 24.6. The van der Waals surface area contributed by atoms with Crippen LogP contribution in [0.15, 0.2) is 12.2 Å². The van der Waals surface area contributed by atoms with Gasteiger partial charge in [0, 0.05) is 12.8 Å². The molecular weight excluding hydrogens is 923 g/mol. The summed E-state index contributed by atoms with van der Waals surface area (Å²) in [5, 5.41) is 23.3. The highest BCUT2D eigenvalue weighted by molar-refractivity contribution is 5.76. The lowest BCUT2D eigenvalue weighted by molar-refractivity contribution is -0.143. The Hall–Kier alpha value is -1.40. The summed E-state index contributed by atoms with van der Waals surface area (Å²) in [6, 6.07) is -0.541. The van der Waals surface area contributed by atoms with Crippen LogP contribution in [-0.4, -0.2) is 47.4 Å². The fourth-order valence-corrected chi connectivity index (χ4v) is 11.1. The molecule has 2 atom stereocenters. The summed E-state index contributed by atoms with van der Waals surface area (Å²) in [7, 11) is 0. The van der Waals surface area contributed by atoms with E-state index < -0.39 is 12.1 Å². The average molecular weight is 1060 g/mol. The van der Waals surface area contributed by atoms with Crippen LogP contribution in [0.1, 0.15) is 393 Å². The van der Waals surface area contributed by atoms with Gasteiger partial charge in [-0.2, -0.15) is 0 Å². The number of nitrogens with one attached hydrogen (secondary N) is 1. The van der Waals surface area contributed by atoms with Crippen LogP contribution in [0.3, 0.4) is 0 Å². The molecule has 1 amide bonds. The molecule has 0 saturated heterocycles. The van der Waals surface area contributed by atoms with E-state index in [1.54, 1.807) is 0 Å². The van der Waals surface area contributed by atoms with E-state index in [4.69, 9.17) is 4.74 Å². The number of hydrogen-bond acceptors (Lipinski definition) is 5. The highest BCUT2D eigenvalue weighted by atomic mass is 16.5. The Morgan fingerprint density at radius 3 is 0.947 bits per heavy atom. The van der Waals surface area contributed by atoms with Gasteiger partial charge in [0.05, 0.1) is 25.4 Å². The number of carbonyl (C=O) groups excluding carboxylic acids is 2. The highest BCUT2D eigenvalue weighted by Crippen LogP contribution is 2.19. The maximum atomic E-state index is 12.5. The minimum Gasteiger partial charge on any atom is -0.466 e. The number of aliphatic hydroxyl groups is 2. The lowest BCUT2D eigenvalue weighted by atomic mass is 10.0. The summed E-state index contributed by atoms with van der Waals surface area (Å²) in [6.07, 6.45) is 79.7. The number of esters is 1. The second kappa shape index (κ2) is 65.1. The van der Waals surface area contributed by atoms with Crippen LogP contribution in [0.4, 0.5) is 0 Å². The van der Waals surface area contributed by atoms with Crippen LogP contribution >= 0.6 is 0 Å². The van der Waals surface area contributed by atoms with Crippen LogP contribution in [0.5, 0.6) is 0 Å². The Morgan fingerprint density at radius 2 is 0.627 bits per heavy atom. The van der Waals surface area contributed by atoms with Crippen molar-refractivity contribution in [3.8, 4) is 0 Å². The third kappa shape index (κ3) is 61.7. The maximum Gasteiger partial charge on any atom is 0.305 e. The first-order valence-corrected chi connectivity index (χ1v) is 34.4. The first-order chi connectivity index (χ1) is 37.0. The van der Waals surface area contributed by atoms with Gasteiger partial charge < -0.3 is 20.3 Å². The van der Waals surface area contributed by atoms with E-state index in [0.717, 1.165) is 38.5 Å². The van der Waals surface area contributed by atoms with Gasteiger partial charge in [0.15, 0.2) is 0 Å². The van der Waals surface area contributed by atoms with Crippen LogP contribution in [0, 0.1) is 0 Å². The van der Waals surface area contributed by atoms with Gasteiger partial charge >= 0.3 is 5.97 Å². The van der Waals surface area contributed by atoms with E-state index in [9.17, 15) is 19.8 Å². The number of hydrogen-bond donors (Lipinski definition) is 3. The van der Waals surface area contributed by atoms with Gasteiger partial charge in [-0.1, -0.05) is 341 Å². The molecule has 446 valence electrons. The van der Waals surface area contributed by atoms with Gasteiger partial charge in [-0.25, -0.2) is 0 Å². The summed E-state index contributed by atoms with van der Waals surface area (Å²) in [6.45, 7) is 4.99. The molecule has 6 nitrogen and oxygen atoms in total. The molecule has 2 unspecified atom stereocenters. The number of amides is 1. The van der Waals surface area contributed by atoms with Gasteiger partial charge in [-0.15, -0.1) is 0 Å². The van der Waals surface area contributed by atoms with E-state index >= 15 is 0 Å². The first kappa shape index (κ1) is 73.6. The van der Waals surface area contributed by atoms with E-state index in [1.807, 2.05) is 0 Å². The Kier molecular flexibility index (Phi) is 63.9.